The van der Waals surface area contributed by atoms with Gasteiger partial charge in [-0.25, -0.2) is 4.98 Å². The number of nitrogens with one attached hydrogen (secondary N) is 2. The van der Waals surface area contributed by atoms with Crippen molar-refractivity contribution in [2.45, 2.75) is 25.4 Å². The first-order chi connectivity index (χ1) is 17.7. The fourth-order valence-corrected chi connectivity index (χ4v) is 5.61. The number of hydrogen-bond donors (Lipinski definition) is 2. The second-order valence-electron chi connectivity index (χ2n) is 10.2. The Hall–Kier alpha value is -3.20. The van der Waals surface area contributed by atoms with Crippen LogP contribution in [0, 0.1) is 0 Å². The summed E-state index contributed by atoms with van der Waals surface area (Å²) in [5, 5.41) is 13.0. The highest BCUT2D eigenvalue weighted by Crippen LogP contribution is 2.31. The van der Waals surface area contributed by atoms with Crippen molar-refractivity contribution in [1.82, 2.24) is 29.9 Å². The van der Waals surface area contributed by atoms with Gasteiger partial charge in [0.1, 0.15) is 11.3 Å². The third-order valence-electron chi connectivity index (χ3n) is 7.83. The van der Waals surface area contributed by atoms with E-state index in [-0.39, 0.29) is 0 Å². The van der Waals surface area contributed by atoms with Crippen LogP contribution < -0.4 is 10.1 Å². The van der Waals surface area contributed by atoms with Gasteiger partial charge in [-0.1, -0.05) is 12.1 Å². The maximum atomic E-state index is 5.39. The zero-order valence-electron chi connectivity index (χ0n) is 21.2. The molecule has 4 aromatic rings. The lowest BCUT2D eigenvalue weighted by molar-refractivity contribution is 0.0658. The minimum absolute atomic E-state index is 0.752. The number of hydrogen-bond acceptors (Lipinski definition) is 7. The molecule has 0 unspecified atom stereocenters. The van der Waals surface area contributed by atoms with E-state index in [9.17, 15) is 0 Å². The van der Waals surface area contributed by atoms with E-state index in [0.29, 0.717) is 0 Å². The van der Waals surface area contributed by atoms with Crippen molar-refractivity contribution in [3.05, 3.63) is 54.2 Å². The Labute approximate surface area is 212 Å². The van der Waals surface area contributed by atoms with E-state index in [2.05, 4.69) is 61.5 Å². The summed E-state index contributed by atoms with van der Waals surface area (Å²) in [7, 11) is 3.91. The van der Waals surface area contributed by atoms with Crippen molar-refractivity contribution in [3.63, 3.8) is 0 Å². The molecule has 2 saturated heterocycles. The molecule has 0 bridgehead atoms. The number of rotatable bonds is 6. The highest BCUT2D eigenvalue weighted by atomic mass is 16.5. The van der Waals surface area contributed by atoms with Gasteiger partial charge in [0, 0.05) is 61.4 Å². The average molecular weight is 486 g/mol. The molecule has 0 spiro atoms. The molecule has 2 N–H and O–H groups in total. The molecule has 2 aliphatic heterocycles. The molecule has 36 heavy (non-hydrogen) atoms. The molecule has 6 rings (SSSR count). The second kappa shape index (κ2) is 10.0. The van der Waals surface area contributed by atoms with Gasteiger partial charge in [-0.05, 0) is 68.9 Å². The minimum Gasteiger partial charge on any atom is -0.497 e. The molecule has 2 aromatic heterocycles. The molecular weight excluding hydrogens is 450 g/mol. The smallest absolute Gasteiger partial charge is 0.159 e. The van der Waals surface area contributed by atoms with Gasteiger partial charge in [0.15, 0.2) is 5.82 Å². The van der Waals surface area contributed by atoms with E-state index in [1.165, 1.54) is 57.7 Å². The van der Waals surface area contributed by atoms with Gasteiger partial charge in [0.05, 0.1) is 12.6 Å². The summed E-state index contributed by atoms with van der Waals surface area (Å²) in [6.45, 7) is 8.22. The molecule has 0 saturated carbocycles. The number of piperidine rings is 1. The van der Waals surface area contributed by atoms with Crippen LogP contribution in [-0.2, 0) is 6.54 Å². The molecule has 2 aliphatic rings. The van der Waals surface area contributed by atoms with Gasteiger partial charge >= 0.3 is 0 Å². The second-order valence-corrected chi connectivity index (χ2v) is 10.2. The molecule has 2 aromatic carbocycles. The molecule has 8 heteroatoms. The Bertz CT molecular complexity index is 1320. The maximum Gasteiger partial charge on any atom is 0.159 e. The minimum atomic E-state index is 0.752. The predicted octanol–water partition coefficient (Wildman–Crippen LogP) is 4.08. The Morgan fingerprint density at radius 1 is 0.972 bits per heavy atom. The number of H-pyrrole nitrogens is 1. The zero-order chi connectivity index (χ0) is 24.5. The van der Waals surface area contributed by atoms with E-state index < -0.39 is 0 Å². The molecule has 8 nitrogen and oxygen atoms in total. The zero-order valence-corrected chi connectivity index (χ0v) is 21.2. The van der Waals surface area contributed by atoms with E-state index in [4.69, 9.17) is 9.72 Å². The van der Waals surface area contributed by atoms with Crippen LogP contribution in [0.5, 0.6) is 5.75 Å². The van der Waals surface area contributed by atoms with Crippen LogP contribution in [0.2, 0.25) is 0 Å². The number of nitrogens with zero attached hydrogens (tertiary/aromatic N) is 5. The number of anilines is 2. The molecule has 188 valence electrons. The largest absolute Gasteiger partial charge is 0.497 e. The summed E-state index contributed by atoms with van der Waals surface area (Å²) in [5.41, 5.74) is 4.09. The molecule has 0 amide bonds. The van der Waals surface area contributed by atoms with Gasteiger partial charge in [-0.3, -0.25) is 14.9 Å². The highest BCUT2D eigenvalue weighted by molar-refractivity contribution is 6.09. The number of benzene rings is 2. The topological polar surface area (TPSA) is 72.6 Å². The van der Waals surface area contributed by atoms with Crippen molar-refractivity contribution in [1.29, 1.82) is 0 Å². The van der Waals surface area contributed by atoms with Crippen LogP contribution in [0.15, 0.2) is 48.7 Å². The lowest BCUT2D eigenvalue weighted by Crippen LogP contribution is -2.52. The lowest BCUT2D eigenvalue weighted by Gasteiger charge is -2.42. The molecule has 2 fully saturated rings. The van der Waals surface area contributed by atoms with Crippen molar-refractivity contribution < 1.29 is 4.74 Å². The van der Waals surface area contributed by atoms with E-state index >= 15 is 0 Å². The molecule has 0 aliphatic carbocycles. The van der Waals surface area contributed by atoms with Crippen LogP contribution in [0.1, 0.15) is 18.4 Å². The summed E-state index contributed by atoms with van der Waals surface area (Å²) in [6.07, 6.45) is 4.48. The quantitative estimate of drug-likeness (QED) is 0.426. The summed E-state index contributed by atoms with van der Waals surface area (Å²) >= 11 is 0. The SMILES string of the molecule is COc1ccc2nc(Nc3ccc(CN4CCC(N5CCN(C)CC5)CC4)cc3)c3n[nH]cc3c2c1. The van der Waals surface area contributed by atoms with Crippen LogP contribution in [0.3, 0.4) is 0 Å². The number of piperazine rings is 1. The molecule has 0 atom stereocenters. The van der Waals surface area contributed by atoms with Crippen LogP contribution in [0.4, 0.5) is 11.5 Å². The summed E-state index contributed by atoms with van der Waals surface area (Å²) in [4.78, 5) is 12.6. The summed E-state index contributed by atoms with van der Waals surface area (Å²) in [5.74, 6) is 1.56. The predicted molar refractivity (Wildman–Crippen MR) is 145 cm³/mol. The number of likely N-dealkylation sites (N-methyl/N-ethyl adjacent to an activating group) is 1. The molecule has 4 heterocycles. The Morgan fingerprint density at radius 2 is 1.75 bits per heavy atom. The Balaban J connectivity index is 1.10. The van der Waals surface area contributed by atoms with Crippen molar-refractivity contribution in [3.8, 4) is 5.75 Å². The lowest BCUT2D eigenvalue weighted by atomic mass is 10.0. The normalized spacial score (nSPS) is 18.7. The third kappa shape index (κ3) is 4.76. The first kappa shape index (κ1) is 23.2. The van der Waals surface area contributed by atoms with E-state index in [0.717, 1.165) is 51.6 Å². The average Bonchev–Trinajstić information content (AvgIpc) is 3.42. The van der Waals surface area contributed by atoms with Crippen LogP contribution in [-0.4, -0.2) is 89.3 Å². The fourth-order valence-electron chi connectivity index (χ4n) is 5.61. The number of aromatic nitrogens is 3. The summed E-state index contributed by atoms with van der Waals surface area (Å²) < 4.78 is 5.39. The molecule has 0 radical (unpaired) electrons. The highest BCUT2D eigenvalue weighted by Gasteiger charge is 2.26. The Morgan fingerprint density at radius 3 is 2.50 bits per heavy atom. The standard InChI is InChI=1S/C28H35N7O/c1-33-13-15-35(16-14-33)22-9-11-34(12-10-22)19-20-3-5-21(6-4-20)30-28-27-25(18-29-32-27)24-17-23(36-2)7-8-26(24)31-28/h3-8,17-18,22H,9-16,19H2,1-2H3,(H,29,32)(H,30,31). The van der Waals surface area contributed by atoms with E-state index in [1.807, 2.05) is 24.4 Å². The van der Waals surface area contributed by atoms with Gasteiger partial charge in [0.25, 0.3) is 0 Å². The first-order valence-corrected chi connectivity index (χ1v) is 13.0. The monoisotopic (exact) mass is 485 g/mol. The van der Waals surface area contributed by atoms with Gasteiger partial charge in [-0.15, -0.1) is 0 Å². The van der Waals surface area contributed by atoms with Gasteiger partial charge in [-0.2, -0.15) is 5.10 Å². The van der Waals surface area contributed by atoms with Crippen LogP contribution in [0.25, 0.3) is 21.8 Å². The van der Waals surface area contributed by atoms with Crippen LogP contribution >= 0.6 is 0 Å². The van der Waals surface area contributed by atoms with Crippen molar-refractivity contribution >= 4 is 33.3 Å². The number of pyridine rings is 1. The number of ether oxygens (including phenoxy) is 1. The Kier molecular flexibility index (Phi) is 6.48. The fraction of sp³-hybridized carbons (Fsp3) is 0.429. The van der Waals surface area contributed by atoms with Crippen molar-refractivity contribution in [2.75, 3.05) is 58.7 Å². The number of aromatic amines is 1. The van der Waals surface area contributed by atoms with Gasteiger partial charge < -0.3 is 15.0 Å². The molecular formula is C28H35N7O. The number of methoxy groups -OCH3 is 1. The maximum absolute atomic E-state index is 5.39. The van der Waals surface area contributed by atoms with E-state index in [1.54, 1.807) is 7.11 Å². The first-order valence-electron chi connectivity index (χ1n) is 13.0. The summed E-state index contributed by atoms with van der Waals surface area (Å²) in [6, 6.07) is 15.4. The van der Waals surface area contributed by atoms with Crippen molar-refractivity contribution in [2.24, 2.45) is 0 Å². The number of fused-ring (bicyclic) bond motifs is 3. The third-order valence-corrected chi connectivity index (χ3v) is 7.83. The van der Waals surface area contributed by atoms with Gasteiger partial charge in [0.2, 0.25) is 0 Å². The number of likely N-dealkylation sites (tertiary alicyclic amines) is 1.